The first kappa shape index (κ1) is 17.1. The quantitative estimate of drug-likeness (QED) is 0.485. The fourth-order valence-electron chi connectivity index (χ4n) is 3.40. The van der Waals surface area contributed by atoms with Crippen molar-refractivity contribution in [3.8, 4) is 11.4 Å². The zero-order valence-electron chi connectivity index (χ0n) is 14.8. The number of benzene rings is 2. The Balaban J connectivity index is 1.64. The molecule has 2 aromatic heterocycles. The molecule has 4 aromatic rings. The second-order valence-corrected chi connectivity index (χ2v) is 7.02. The van der Waals surface area contributed by atoms with E-state index in [1.54, 1.807) is 6.07 Å². The fraction of sp³-hybridized carbons (Fsp3) is 0.150. The SMILES string of the molecule is Fc1ccc2[nH]nc(Nc3nc(-c4ccccc4Cl)nc4c3CNCC4)c2c1. The third-order valence-electron chi connectivity index (χ3n) is 4.81. The molecule has 1 aliphatic rings. The van der Waals surface area contributed by atoms with Gasteiger partial charge in [-0.3, -0.25) is 5.10 Å². The van der Waals surface area contributed by atoms with Crippen molar-refractivity contribution in [3.63, 3.8) is 0 Å². The molecule has 140 valence electrons. The maximum absolute atomic E-state index is 13.7. The summed E-state index contributed by atoms with van der Waals surface area (Å²) in [6.45, 7) is 1.50. The van der Waals surface area contributed by atoms with Gasteiger partial charge in [-0.25, -0.2) is 14.4 Å². The first-order chi connectivity index (χ1) is 13.7. The van der Waals surface area contributed by atoms with Crippen LogP contribution in [-0.4, -0.2) is 26.7 Å². The van der Waals surface area contributed by atoms with Crippen molar-refractivity contribution < 1.29 is 4.39 Å². The Hall–Kier alpha value is -3.03. The summed E-state index contributed by atoms with van der Waals surface area (Å²) < 4.78 is 13.7. The van der Waals surface area contributed by atoms with E-state index < -0.39 is 0 Å². The molecule has 0 spiro atoms. The van der Waals surface area contributed by atoms with Crippen LogP contribution in [0, 0.1) is 5.82 Å². The Kier molecular flexibility index (Phi) is 4.18. The number of aromatic nitrogens is 4. The summed E-state index contributed by atoms with van der Waals surface area (Å²) in [5, 5.41) is 15.1. The fourth-order valence-corrected chi connectivity index (χ4v) is 3.62. The molecule has 2 aromatic carbocycles. The van der Waals surface area contributed by atoms with Gasteiger partial charge in [0.2, 0.25) is 0 Å². The number of nitrogens with zero attached hydrogens (tertiary/aromatic N) is 3. The summed E-state index contributed by atoms with van der Waals surface area (Å²) in [6, 6.07) is 12.0. The minimum absolute atomic E-state index is 0.319. The van der Waals surface area contributed by atoms with Crippen LogP contribution in [-0.2, 0) is 13.0 Å². The lowest BCUT2D eigenvalue weighted by Gasteiger charge is -2.20. The number of fused-ring (bicyclic) bond motifs is 2. The van der Waals surface area contributed by atoms with Crippen LogP contribution >= 0.6 is 11.6 Å². The molecule has 3 N–H and O–H groups in total. The molecule has 0 saturated heterocycles. The molecular weight excluding hydrogens is 379 g/mol. The molecule has 0 radical (unpaired) electrons. The monoisotopic (exact) mass is 394 g/mol. The predicted molar refractivity (Wildman–Crippen MR) is 107 cm³/mol. The zero-order valence-corrected chi connectivity index (χ0v) is 15.5. The summed E-state index contributed by atoms with van der Waals surface area (Å²) >= 11 is 6.36. The molecule has 8 heteroatoms. The first-order valence-corrected chi connectivity index (χ1v) is 9.33. The summed E-state index contributed by atoms with van der Waals surface area (Å²) in [5.74, 6) is 1.40. The van der Waals surface area contributed by atoms with Crippen LogP contribution in [0.4, 0.5) is 16.0 Å². The van der Waals surface area contributed by atoms with Crippen molar-refractivity contribution >= 4 is 34.1 Å². The number of halogens is 2. The minimum atomic E-state index is -0.319. The Morgan fingerprint density at radius 3 is 2.86 bits per heavy atom. The lowest BCUT2D eigenvalue weighted by molar-refractivity contribution is 0.628. The predicted octanol–water partition coefficient (Wildman–Crippen LogP) is 4.20. The largest absolute Gasteiger partial charge is 0.323 e. The van der Waals surface area contributed by atoms with Crippen molar-refractivity contribution in [1.82, 2.24) is 25.5 Å². The van der Waals surface area contributed by atoms with E-state index >= 15 is 0 Å². The standard InChI is InChI=1S/C20H16ClFN6/c21-15-4-2-1-3-12(15)18-24-16-7-8-23-10-14(16)19(25-18)26-20-13-9-11(22)5-6-17(13)27-28-20/h1-6,9,23H,7-8,10H2,(H2,24,25,26,27,28). The third kappa shape index (κ3) is 2.98. The minimum Gasteiger partial charge on any atom is -0.323 e. The van der Waals surface area contributed by atoms with Gasteiger partial charge < -0.3 is 10.6 Å². The van der Waals surface area contributed by atoms with Crippen LogP contribution in [0.5, 0.6) is 0 Å². The van der Waals surface area contributed by atoms with Crippen LogP contribution in [0.15, 0.2) is 42.5 Å². The molecule has 5 rings (SSSR count). The Bertz CT molecular complexity index is 1190. The van der Waals surface area contributed by atoms with E-state index in [1.807, 2.05) is 24.3 Å². The van der Waals surface area contributed by atoms with E-state index in [0.717, 1.165) is 35.3 Å². The Morgan fingerprint density at radius 1 is 1.07 bits per heavy atom. The van der Waals surface area contributed by atoms with E-state index in [2.05, 4.69) is 20.8 Å². The summed E-state index contributed by atoms with van der Waals surface area (Å²) in [4.78, 5) is 9.47. The van der Waals surface area contributed by atoms with E-state index in [-0.39, 0.29) is 5.82 Å². The van der Waals surface area contributed by atoms with Gasteiger partial charge in [0.15, 0.2) is 11.6 Å². The van der Waals surface area contributed by atoms with Crippen LogP contribution in [0.1, 0.15) is 11.3 Å². The average Bonchev–Trinajstić information content (AvgIpc) is 3.10. The van der Waals surface area contributed by atoms with Crippen molar-refractivity contribution in [3.05, 3.63) is 64.6 Å². The van der Waals surface area contributed by atoms with Crippen molar-refractivity contribution in [2.45, 2.75) is 13.0 Å². The lowest BCUT2D eigenvalue weighted by atomic mass is 10.1. The zero-order chi connectivity index (χ0) is 19.1. The van der Waals surface area contributed by atoms with E-state index in [9.17, 15) is 4.39 Å². The molecule has 0 saturated carbocycles. The van der Waals surface area contributed by atoms with Crippen LogP contribution in [0.3, 0.4) is 0 Å². The molecule has 3 heterocycles. The molecule has 6 nitrogen and oxygen atoms in total. The molecule has 0 fully saturated rings. The van der Waals surface area contributed by atoms with E-state index in [0.29, 0.717) is 34.4 Å². The second kappa shape index (κ2) is 6.85. The van der Waals surface area contributed by atoms with Gasteiger partial charge in [-0.1, -0.05) is 23.7 Å². The highest BCUT2D eigenvalue weighted by Crippen LogP contribution is 2.31. The maximum atomic E-state index is 13.7. The van der Waals surface area contributed by atoms with Gasteiger partial charge in [-0.05, 0) is 30.3 Å². The number of rotatable bonds is 3. The number of aromatic amines is 1. The van der Waals surface area contributed by atoms with Crippen LogP contribution in [0.25, 0.3) is 22.3 Å². The third-order valence-corrected chi connectivity index (χ3v) is 5.14. The lowest BCUT2D eigenvalue weighted by Crippen LogP contribution is -2.26. The number of hydrogen-bond acceptors (Lipinski definition) is 5. The molecule has 0 aliphatic carbocycles. The molecule has 0 bridgehead atoms. The van der Waals surface area contributed by atoms with E-state index in [4.69, 9.17) is 21.6 Å². The highest BCUT2D eigenvalue weighted by molar-refractivity contribution is 6.33. The molecule has 1 aliphatic heterocycles. The number of H-pyrrole nitrogens is 1. The smallest absolute Gasteiger partial charge is 0.163 e. The Labute approximate surface area is 165 Å². The molecule has 0 atom stereocenters. The summed E-state index contributed by atoms with van der Waals surface area (Å²) in [6.07, 6.45) is 0.792. The first-order valence-electron chi connectivity index (χ1n) is 8.95. The average molecular weight is 395 g/mol. The van der Waals surface area contributed by atoms with Gasteiger partial charge in [-0.15, -0.1) is 0 Å². The Morgan fingerprint density at radius 2 is 1.96 bits per heavy atom. The van der Waals surface area contributed by atoms with Gasteiger partial charge in [-0.2, -0.15) is 5.10 Å². The van der Waals surface area contributed by atoms with Gasteiger partial charge in [0.25, 0.3) is 0 Å². The van der Waals surface area contributed by atoms with Crippen LogP contribution < -0.4 is 10.6 Å². The van der Waals surface area contributed by atoms with Crippen LogP contribution in [0.2, 0.25) is 5.02 Å². The van der Waals surface area contributed by atoms with Crippen molar-refractivity contribution in [2.75, 3.05) is 11.9 Å². The van der Waals surface area contributed by atoms with E-state index in [1.165, 1.54) is 12.1 Å². The topological polar surface area (TPSA) is 78.5 Å². The summed E-state index contributed by atoms with van der Waals surface area (Å²) in [5.41, 5.74) is 3.47. The molecule has 0 amide bonds. The number of nitrogens with one attached hydrogen (secondary N) is 3. The number of anilines is 2. The van der Waals surface area contributed by atoms with Gasteiger partial charge >= 0.3 is 0 Å². The van der Waals surface area contributed by atoms with Gasteiger partial charge in [0.05, 0.1) is 16.2 Å². The second-order valence-electron chi connectivity index (χ2n) is 6.61. The van der Waals surface area contributed by atoms with Crippen molar-refractivity contribution in [2.24, 2.45) is 0 Å². The highest BCUT2D eigenvalue weighted by atomic mass is 35.5. The molecular formula is C20H16ClFN6. The summed E-state index contributed by atoms with van der Waals surface area (Å²) in [7, 11) is 0. The number of hydrogen-bond donors (Lipinski definition) is 3. The normalized spacial score (nSPS) is 13.5. The maximum Gasteiger partial charge on any atom is 0.163 e. The van der Waals surface area contributed by atoms with Gasteiger partial charge in [0.1, 0.15) is 11.6 Å². The molecule has 0 unspecified atom stereocenters. The highest BCUT2D eigenvalue weighted by Gasteiger charge is 2.20. The van der Waals surface area contributed by atoms with Gasteiger partial charge in [0, 0.05) is 36.0 Å². The van der Waals surface area contributed by atoms with Crippen molar-refractivity contribution in [1.29, 1.82) is 0 Å². The molecule has 28 heavy (non-hydrogen) atoms.